The Kier molecular flexibility index (Phi) is 7.47. The van der Waals surface area contributed by atoms with Crippen molar-refractivity contribution in [3.8, 4) is 11.8 Å². The highest BCUT2D eigenvalue weighted by Crippen LogP contribution is 2.26. The number of halogens is 1. The number of nitrogens with two attached hydrogens (primary N) is 1. The van der Waals surface area contributed by atoms with Crippen molar-refractivity contribution in [3.05, 3.63) is 75.6 Å². The average molecular weight is 520 g/mol. The summed E-state index contributed by atoms with van der Waals surface area (Å²) in [5.41, 5.74) is 6.65. The lowest BCUT2D eigenvalue weighted by molar-refractivity contribution is 0.245. The van der Waals surface area contributed by atoms with Crippen molar-refractivity contribution in [1.29, 1.82) is 5.26 Å². The van der Waals surface area contributed by atoms with E-state index in [0.29, 0.717) is 22.7 Å². The number of nitrogen functional groups attached to an aromatic ring is 1. The summed E-state index contributed by atoms with van der Waals surface area (Å²) >= 11 is 6.37. The highest BCUT2D eigenvalue weighted by molar-refractivity contribution is 6.35. The molecule has 0 radical (unpaired) electrons. The first-order valence-corrected chi connectivity index (χ1v) is 11.5. The fraction of sp³-hybridized carbons (Fsp3) is 0.167. The summed E-state index contributed by atoms with van der Waals surface area (Å²) in [7, 11) is 0. The number of amides is 2. The SMILES string of the molecule is CC(Nc1ncnc(N)c1C#N)c1nc2cccc(Cl)c2c(=O)n1-c1cccc(NC(=O)NCCO)c1. The lowest BCUT2D eigenvalue weighted by Crippen LogP contribution is -2.31. The fourth-order valence-electron chi connectivity index (χ4n) is 3.70. The molecular weight excluding hydrogens is 498 g/mol. The zero-order valence-corrected chi connectivity index (χ0v) is 20.3. The summed E-state index contributed by atoms with van der Waals surface area (Å²) in [5, 5.41) is 27.1. The molecule has 0 aliphatic carbocycles. The van der Waals surface area contributed by atoms with Gasteiger partial charge in [0.05, 0.1) is 34.3 Å². The molecule has 2 aromatic carbocycles. The molecule has 2 amide bonds. The van der Waals surface area contributed by atoms with Crippen LogP contribution >= 0.6 is 11.6 Å². The van der Waals surface area contributed by atoms with Gasteiger partial charge in [-0.1, -0.05) is 23.7 Å². The average Bonchev–Trinajstić information content (AvgIpc) is 2.87. The molecule has 2 heterocycles. The molecule has 4 aromatic rings. The third-order valence-electron chi connectivity index (χ3n) is 5.36. The Balaban J connectivity index is 1.85. The van der Waals surface area contributed by atoms with Gasteiger partial charge in [-0.05, 0) is 37.3 Å². The molecule has 37 heavy (non-hydrogen) atoms. The van der Waals surface area contributed by atoms with Crippen LogP contribution in [0.5, 0.6) is 0 Å². The standard InChI is InChI=1S/C24H22ClN9O3/c1-13(31-21-16(11-26)20(27)29-12-30-21)22-33-18-7-3-6-17(25)19(18)23(36)34(22)15-5-2-4-14(10-15)32-24(37)28-8-9-35/h2-7,10,12-13,35H,8-9H2,1H3,(H2,28,32,37)(H3,27,29,30,31). The van der Waals surface area contributed by atoms with Crippen LogP contribution < -0.4 is 27.2 Å². The Morgan fingerprint density at radius 3 is 2.81 bits per heavy atom. The highest BCUT2D eigenvalue weighted by Gasteiger charge is 2.21. The number of carbonyl (C=O) groups excluding carboxylic acids is 1. The monoisotopic (exact) mass is 519 g/mol. The number of benzene rings is 2. The van der Waals surface area contributed by atoms with Crippen LogP contribution in [-0.2, 0) is 0 Å². The molecule has 2 aromatic heterocycles. The van der Waals surface area contributed by atoms with E-state index in [0.717, 1.165) is 0 Å². The number of nitrogens with one attached hydrogen (secondary N) is 3. The van der Waals surface area contributed by atoms with Crippen LogP contribution in [0.25, 0.3) is 16.6 Å². The van der Waals surface area contributed by atoms with Gasteiger partial charge in [0.2, 0.25) is 0 Å². The first kappa shape index (κ1) is 25.4. The van der Waals surface area contributed by atoms with E-state index >= 15 is 0 Å². The minimum Gasteiger partial charge on any atom is -0.395 e. The summed E-state index contributed by atoms with van der Waals surface area (Å²) in [5.74, 6) is 0.495. The van der Waals surface area contributed by atoms with Crippen molar-refractivity contribution in [2.24, 2.45) is 0 Å². The summed E-state index contributed by atoms with van der Waals surface area (Å²) in [6.07, 6.45) is 1.23. The van der Waals surface area contributed by atoms with Gasteiger partial charge < -0.3 is 26.8 Å². The van der Waals surface area contributed by atoms with Crippen LogP contribution in [0.1, 0.15) is 24.4 Å². The molecule has 12 nitrogen and oxygen atoms in total. The number of fused-ring (bicyclic) bond motifs is 1. The van der Waals surface area contributed by atoms with Gasteiger partial charge in [-0.2, -0.15) is 5.26 Å². The molecular formula is C24H22ClN9O3. The van der Waals surface area contributed by atoms with Crippen LogP contribution in [-0.4, -0.2) is 43.8 Å². The maximum atomic E-state index is 13.8. The van der Waals surface area contributed by atoms with E-state index in [4.69, 9.17) is 27.4 Å². The Bertz CT molecular complexity index is 1580. The Morgan fingerprint density at radius 2 is 2.05 bits per heavy atom. The van der Waals surface area contributed by atoms with E-state index in [1.54, 1.807) is 49.4 Å². The number of aliphatic hydroxyl groups excluding tert-OH is 1. The van der Waals surface area contributed by atoms with Gasteiger partial charge in [0.25, 0.3) is 5.56 Å². The lowest BCUT2D eigenvalue weighted by Gasteiger charge is -2.21. The molecule has 1 atom stereocenters. The molecule has 0 aliphatic rings. The van der Waals surface area contributed by atoms with E-state index in [2.05, 4.69) is 25.9 Å². The van der Waals surface area contributed by atoms with Gasteiger partial charge in [0.1, 0.15) is 35.4 Å². The van der Waals surface area contributed by atoms with Crippen LogP contribution in [0.2, 0.25) is 5.02 Å². The number of aliphatic hydroxyl groups is 1. The lowest BCUT2D eigenvalue weighted by atomic mass is 10.2. The molecule has 188 valence electrons. The molecule has 4 rings (SSSR count). The van der Waals surface area contributed by atoms with Crippen molar-refractivity contribution in [1.82, 2.24) is 24.8 Å². The highest BCUT2D eigenvalue weighted by atomic mass is 35.5. The summed E-state index contributed by atoms with van der Waals surface area (Å²) in [4.78, 5) is 38.5. The zero-order chi connectivity index (χ0) is 26.5. The number of rotatable bonds is 7. The summed E-state index contributed by atoms with van der Waals surface area (Å²) < 4.78 is 1.37. The first-order valence-electron chi connectivity index (χ1n) is 11.1. The summed E-state index contributed by atoms with van der Waals surface area (Å²) in [6.45, 7) is 1.63. The van der Waals surface area contributed by atoms with Crippen LogP contribution in [0.4, 0.5) is 22.1 Å². The second-order valence-electron chi connectivity index (χ2n) is 7.86. The minimum absolute atomic E-state index is 0.0149. The molecule has 0 aliphatic heterocycles. The molecule has 0 bridgehead atoms. The smallest absolute Gasteiger partial charge is 0.319 e. The fourth-order valence-corrected chi connectivity index (χ4v) is 3.95. The van der Waals surface area contributed by atoms with Gasteiger partial charge in [0.15, 0.2) is 0 Å². The normalized spacial score (nSPS) is 11.5. The topological polar surface area (TPSA) is 184 Å². The third-order valence-corrected chi connectivity index (χ3v) is 5.68. The number of nitriles is 1. The van der Waals surface area contributed by atoms with Crippen LogP contribution in [0, 0.1) is 11.3 Å². The molecule has 6 N–H and O–H groups in total. The number of urea groups is 1. The van der Waals surface area contributed by atoms with E-state index < -0.39 is 17.6 Å². The van der Waals surface area contributed by atoms with E-state index in [-0.39, 0.29) is 40.8 Å². The van der Waals surface area contributed by atoms with E-state index in [9.17, 15) is 14.9 Å². The molecule has 0 saturated heterocycles. The molecule has 13 heteroatoms. The third kappa shape index (κ3) is 5.27. The second-order valence-corrected chi connectivity index (χ2v) is 8.27. The maximum Gasteiger partial charge on any atom is 0.319 e. The van der Waals surface area contributed by atoms with Crippen molar-refractivity contribution >= 4 is 45.9 Å². The van der Waals surface area contributed by atoms with Gasteiger partial charge in [-0.25, -0.2) is 19.7 Å². The molecule has 0 fully saturated rings. The molecule has 1 unspecified atom stereocenters. The van der Waals surface area contributed by atoms with E-state index in [1.807, 2.05) is 6.07 Å². The Labute approximate surface area is 215 Å². The van der Waals surface area contributed by atoms with Crippen LogP contribution in [0.3, 0.4) is 0 Å². The van der Waals surface area contributed by atoms with Gasteiger partial charge in [-0.15, -0.1) is 0 Å². The molecule has 0 spiro atoms. The van der Waals surface area contributed by atoms with Gasteiger partial charge in [-0.3, -0.25) is 9.36 Å². The second kappa shape index (κ2) is 10.9. The van der Waals surface area contributed by atoms with Crippen molar-refractivity contribution < 1.29 is 9.90 Å². The first-order chi connectivity index (χ1) is 17.8. The van der Waals surface area contributed by atoms with Crippen LogP contribution in [0.15, 0.2) is 53.6 Å². The Morgan fingerprint density at radius 1 is 1.27 bits per heavy atom. The maximum absolute atomic E-state index is 13.8. The number of carbonyl (C=O) groups is 1. The van der Waals surface area contributed by atoms with E-state index in [1.165, 1.54) is 10.9 Å². The number of aromatic nitrogens is 4. The van der Waals surface area contributed by atoms with Crippen molar-refractivity contribution in [2.45, 2.75) is 13.0 Å². The zero-order valence-electron chi connectivity index (χ0n) is 19.6. The van der Waals surface area contributed by atoms with Crippen molar-refractivity contribution in [2.75, 3.05) is 29.5 Å². The summed E-state index contributed by atoms with van der Waals surface area (Å²) in [6, 6.07) is 12.4. The predicted molar refractivity (Wildman–Crippen MR) is 140 cm³/mol. The minimum atomic E-state index is -0.637. The van der Waals surface area contributed by atoms with Gasteiger partial charge in [0, 0.05) is 12.2 Å². The number of nitrogens with zero attached hydrogens (tertiary/aromatic N) is 5. The van der Waals surface area contributed by atoms with Gasteiger partial charge >= 0.3 is 6.03 Å². The number of hydrogen-bond acceptors (Lipinski definition) is 9. The van der Waals surface area contributed by atoms with Crippen molar-refractivity contribution in [3.63, 3.8) is 0 Å². The Hall–Kier alpha value is -4.73. The quantitative estimate of drug-likeness (QED) is 0.245. The number of anilines is 3. The largest absolute Gasteiger partial charge is 0.395 e. The number of hydrogen-bond donors (Lipinski definition) is 5. The molecule has 0 saturated carbocycles. The predicted octanol–water partition coefficient (Wildman–Crippen LogP) is 2.57.